The molecule has 3 aromatic rings. The number of hydrazine groups is 1. The van der Waals surface area contributed by atoms with Crippen LogP contribution >= 0.6 is 15.9 Å². The van der Waals surface area contributed by atoms with E-state index in [9.17, 15) is 9.59 Å². The molecule has 7 heteroatoms. The molecule has 6 nitrogen and oxygen atoms in total. The standard InChI is InChI=1S/C24H25BrN2O4/c1-3-4-13-30-22-12-10-19(15-21(22)25)24(29)27-26-23(28)16(2)31-20-11-9-17-7-5-6-8-18(17)14-20/h5-12,14-16H,3-4,13H2,1-2H3,(H,26,28)(H,27,29)/t16-/m0/s1. The van der Waals surface area contributed by atoms with E-state index in [1.54, 1.807) is 25.1 Å². The van der Waals surface area contributed by atoms with Gasteiger partial charge < -0.3 is 9.47 Å². The number of hydrogen-bond donors (Lipinski definition) is 2. The Kier molecular flexibility index (Phi) is 7.89. The molecule has 0 bridgehead atoms. The van der Waals surface area contributed by atoms with Crippen molar-refractivity contribution < 1.29 is 19.1 Å². The van der Waals surface area contributed by atoms with Crippen molar-refractivity contribution in [2.75, 3.05) is 6.61 Å². The van der Waals surface area contributed by atoms with Gasteiger partial charge in [0.05, 0.1) is 11.1 Å². The largest absolute Gasteiger partial charge is 0.492 e. The molecule has 2 amide bonds. The van der Waals surface area contributed by atoms with Crippen LogP contribution < -0.4 is 20.3 Å². The highest BCUT2D eigenvalue weighted by Gasteiger charge is 2.17. The van der Waals surface area contributed by atoms with Gasteiger partial charge in [-0.3, -0.25) is 20.4 Å². The van der Waals surface area contributed by atoms with Gasteiger partial charge in [-0.1, -0.05) is 43.7 Å². The number of halogens is 1. The number of benzene rings is 3. The van der Waals surface area contributed by atoms with Crippen molar-refractivity contribution in [2.45, 2.75) is 32.8 Å². The average molecular weight is 485 g/mol. The molecule has 0 saturated carbocycles. The molecule has 31 heavy (non-hydrogen) atoms. The number of nitrogens with one attached hydrogen (secondary N) is 2. The van der Waals surface area contributed by atoms with Crippen molar-refractivity contribution in [3.8, 4) is 11.5 Å². The van der Waals surface area contributed by atoms with Crippen molar-refractivity contribution in [1.29, 1.82) is 0 Å². The maximum atomic E-state index is 12.4. The van der Waals surface area contributed by atoms with Crippen LogP contribution in [0.15, 0.2) is 65.1 Å². The molecule has 3 aromatic carbocycles. The van der Waals surface area contributed by atoms with E-state index in [1.165, 1.54) is 0 Å². The van der Waals surface area contributed by atoms with Crippen molar-refractivity contribution >= 4 is 38.5 Å². The van der Waals surface area contributed by atoms with Gasteiger partial charge in [0.15, 0.2) is 6.10 Å². The first-order valence-electron chi connectivity index (χ1n) is 10.2. The Morgan fingerprint density at radius 2 is 1.77 bits per heavy atom. The summed E-state index contributed by atoms with van der Waals surface area (Å²) in [6, 6.07) is 18.5. The first-order chi connectivity index (χ1) is 15.0. The van der Waals surface area contributed by atoms with Crippen LogP contribution in [0.4, 0.5) is 0 Å². The Morgan fingerprint density at radius 3 is 2.52 bits per heavy atom. The number of rotatable bonds is 8. The summed E-state index contributed by atoms with van der Waals surface area (Å²) in [5.41, 5.74) is 5.21. The number of carbonyl (C=O) groups is 2. The highest BCUT2D eigenvalue weighted by atomic mass is 79.9. The zero-order chi connectivity index (χ0) is 22.2. The van der Waals surface area contributed by atoms with Gasteiger partial charge in [0.2, 0.25) is 0 Å². The predicted molar refractivity (Wildman–Crippen MR) is 124 cm³/mol. The van der Waals surface area contributed by atoms with Crippen LogP contribution in [0.1, 0.15) is 37.0 Å². The minimum atomic E-state index is -0.789. The lowest BCUT2D eigenvalue weighted by molar-refractivity contribution is -0.128. The van der Waals surface area contributed by atoms with E-state index < -0.39 is 17.9 Å². The molecule has 0 aromatic heterocycles. The summed E-state index contributed by atoms with van der Waals surface area (Å²) in [6.07, 6.45) is 1.21. The van der Waals surface area contributed by atoms with Crippen LogP contribution in [0.5, 0.6) is 11.5 Å². The number of hydrogen-bond acceptors (Lipinski definition) is 4. The van der Waals surface area contributed by atoms with Crippen molar-refractivity contribution in [3.63, 3.8) is 0 Å². The lowest BCUT2D eigenvalue weighted by Crippen LogP contribution is -2.47. The lowest BCUT2D eigenvalue weighted by Gasteiger charge is -2.16. The smallest absolute Gasteiger partial charge is 0.279 e. The Hall–Kier alpha value is -3.06. The molecule has 3 rings (SSSR count). The van der Waals surface area contributed by atoms with Gasteiger partial charge >= 0.3 is 0 Å². The van der Waals surface area contributed by atoms with E-state index >= 15 is 0 Å². The Balaban J connectivity index is 1.53. The molecular weight excluding hydrogens is 460 g/mol. The fourth-order valence-corrected chi connectivity index (χ4v) is 3.37. The second kappa shape index (κ2) is 10.8. The molecule has 0 aliphatic heterocycles. The maximum absolute atomic E-state index is 12.4. The van der Waals surface area contributed by atoms with Crippen LogP contribution in [-0.4, -0.2) is 24.5 Å². The van der Waals surface area contributed by atoms with Gasteiger partial charge in [-0.05, 0) is 70.4 Å². The van der Waals surface area contributed by atoms with Crippen LogP contribution in [0.2, 0.25) is 0 Å². The summed E-state index contributed by atoms with van der Waals surface area (Å²) >= 11 is 3.41. The third-order valence-corrected chi connectivity index (χ3v) is 5.27. The fourth-order valence-electron chi connectivity index (χ4n) is 2.88. The second-order valence-corrected chi connectivity index (χ2v) is 7.91. The SMILES string of the molecule is CCCCOc1ccc(C(=O)NNC(=O)[C@H](C)Oc2ccc3ccccc3c2)cc1Br. The average Bonchev–Trinajstić information content (AvgIpc) is 2.78. The second-order valence-electron chi connectivity index (χ2n) is 7.06. The quantitative estimate of drug-likeness (QED) is 0.348. The molecule has 0 spiro atoms. The minimum Gasteiger partial charge on any atom is -0.492 e. The number of ether oxygens (including phenoxy) is 2. The summed E-state index contributed by atoms with van der Waals surface area (Å²) in [4.78, 5) is 24.7. The van der Waals surface area contributed by atoms with Crippen LogP contribution in [0.3, 0.4) is 0 Å². The zero-order valence-electron chi connectivity index (χ0n) is 17.5. The molecule has 0 unspecified atom stereocenters. The number of carbonyl (C=O) groups excluding carboxylic acids is 2. The Labute approximate surface area is 190 Å². The molecule has 0 heterocycles. The lowest BCUT2D eigenvalue weighted by atomic mass is 10.1. The van der Waals surface area contributed by atoms with Gasteiger partial charge in [-0.25, -0.2) is 0 Å². The first-order valence-corrected chi connectivity index (χ1v) is 10.9. The number of fused-ring (bicyclic) bond motifs is 1. The number of unbranched alkanes of at least 4 members (excludes halogenated alkanes) is 1. The van der Waals surface area contributed by atoms with Gasteiger partial charge in [-0.2, -0.15) is 0 Å². The Bertz CT molecular complexity index is 1070. The predicted octanol–water partition coefficient (Wildman–Crippen LogP) is 5.01. The third-order valence-electron chi connectivity index (χ3n) is 4.65. The Morgan fingerprint density at radius 1 is 1.00 bits per heavy atom. The molecule has 1 atom stereocenters. The first kappa shape index (κ1) is 22.6. The number of amides is 2. The van der Waals surface area contributed by atoms with E-state index in [1.807, 2.05) is 42.5 Å². The zero-order valence-corrected chi connectivity index (χ0v) is 19.1. The molecule has 0 aliphatic rings. The topological polar surface area (TPSA) is 76.7 Å². The summed E-state index contributed by atoms with van der Waals surface area (Å²) in [7, 11) is 0. The van der Waals surface area contributed by atoms with Crippen molar-refractivity contribution in [1.82, 2.24) is 10.9 Å². The molecule has 0 aliphatic carbocycles. The van der Waals surface area contributed by atoms with Crippen molar-refractivity contribution in [3.05, 3.63) is 70.7 Å². The van der Waals surface area contributed by atoms with E-state index in [4.69, 9.17) is 9.47 Å². The summed E-state index contributed by atoms with van der Waals surface area (Å²) in [5.74, 6) is 0.355. The fraction of sp³-hybridized carbons (Fsp3) is 0.250. The maximum Gasteiger partial charge on any atom is 0.279 e. The monoisotopic (exact) mass is 484 g/mol. The van der Waals surface area contributed by atoms with Crippen LogP contribution in [0.25, 0.3) is 10.8 Å². The molecule has 0 radical (unpaired) electrons. The molecule has 0 fully saturated rings. The third kappa shape index (κ3) is 6.21. The minimum absolute atomic E-state index is 0.387. The molecule has 162 valence electrons. The van der Waals surface area contributed by atoms with E-state index in [-0.39, 0.29) is 0 Å². The van der Waals surface area contributed by atoms with Crippen molar-refractivity contribution in [2.24, 2.45) is 0 Å². The summed E-state index contributed by atoms with van der Waals surface area (Å²) in [5, 5.41) is 2.11. The van der Waals surface area contributed by atoms with Gasteiger partial charge in [0.25, 0.3) is 11.8 Å². The van der Waals surface area contributed by atoms with Crippen LogP contribution in [-0.2, 0) is 4.79 Å². The molecular formula is C24H25BrN2O4. The van der Waals surface area contributed by atoms with Gasteiger partial charge in [-0.15, -0.1) is 0 Å². The molecule has 2 N–H and O–H groups in total. The van der Waals surface area contributed by atoms with E-state index in [0.29, 0.717) is 28.1 Å². The van der Waals surface area contributed by atoms with Crippen LogP contribution in [0, 0.1) is 0 Å². The summed E-state index contributed by atoms with van der Waals surface area (Å²) < 4.78 is 12.1. The van der Waals surface area contributed by atoms with E-state index in [2.05, 4.69) is 33.7 Å². The summed E-state index contributed by atoms with van der Waals surface area (Å²) in [6.45, 7) is 4.33. The highest BCUT2D eigenvalue weighted by Crippen LogP contribution is 2.26. The van der Waals surface area contributed by atoms with E-state index in [0.717, 1.165) is 23.6 Å². The van der Waals surface area contributed by atoms with Gasteiger partial charge in [0.1, 0.15) is 11.5 Å². The highest BCUT2D eigenvalue weighted by molar-refractivity contribution is 9.10. The molecule has 0 saturated heterocycles. The van der Waals surface area contributed by atoms with Gasteiger partial charge in [0, 0.05) is 5.56 Å². The normalized spacial score (nSPS) is 11.6.